The first-order valence-corrected chi connectivity index (χ1v) is 18.0. The molecule has 3 amide bonds. The van der Waals surface area contributed by atoms with E-state index in [-0.39, 0.29) is 50.4 Å². The Morgan fingerprint density at radius 3 is 2.47 bits per heavy atom. The summed E-state index contributed by atoms with van der Waals surface area (Å²) < 4.78 is 18.5. The summed E-state index contributed by atoms with van der Waals surface area (Å²) in [5.41, 5.74) is 0.392. The standard InChI is InChI=1S/C40H51N3O8/c1-4-6-20-32(45)41-30(27-49-3)35(29-18-12-8-13-19-29)50-39(48)33-31-21-22-40(51-31)34(33)37(46)43(24-14-9-15-25-44)36(40)38(47)42(23-5-2)26-28-16-10-7-11-17-28/h4-5,7-8,10-13,16-19,30-31,33-36,44H,1-2,6,9,14-15,20-27H2,3H3,(H,41,45)/t30-,31-,33+,34+,35-,36-,40+/m1/s1. The van der Waals surface area contributed by atoms with Crippen LogP contribution in [0, 0.1) is 11.8 Å². The molecule has 274 valence electrons. The van der Waals surface area contributed by atoms with Crippen molar-refractivity contribution in [2.24, 2.45) is 11.8 Å². The van der Waals surface area contributed by atoms with E-state index in [1.54, 1.807) is 22.0 Å². The Kier molecular flexibility index (Phi) is 13.2. The number of hydrogen-bond donors (Lipinski definition) is 2. The second-order valence-electron chi connectivity index (χ2n) is 13.6. The molecule has 11 heteroatoms. The second-order valence-corrected chi connectivity index (χ2v) is 13.6. The molecule has 3 fully saturated rings. The van der Waals surface area contributed by atoms with Gasteiger partial charge in [-0.3, -0.25) is 19.2 Å². The van der Waals surface area contributed by atoms with Crippen LogP contribution in [0.25, 0.3) is 0 Å². The van der Waals surface area contributed by atoms with E-state index < -0.39 is 47.7 Å². The number of benzene rings is 2. The first-order valence-electron chi connectivity index (χ1n) is 18.0. The van der Waals surface area contributed by atoms with Gasteiger partial charge in [0.15, 0.2) is 0 Å². The van der Waals surface area contributed by atoms with Crippen molar-refractivity contribution in [2.75, 3.05) is 33.4 Å². The third kappa shape index (κ3) is 8.27. The molecule has 5 rings (SSSR count). The number of hydrogen-bond acceptors (Lipinski definition) is 8. The number of amides is 3. The number of nitrogens with one attached hydrogen (secondary N) is 1. The third-order valence-electron chi connectivity index (χ3n) is 10.2. The number of likely N-dealkylation sites (tertiary alicyclic amines) is 1. The highest BCUT2D eigenvalue weighted by atomic mass is 16.6. The minimum Gasteiger partial charge on any atom is -0.455 e. The fourth-order valence-corrected chi connectivity index (χ4v) is 8.00. The maximum atomic E-state index is 14.7. The molecule has 3 saturated heterocycles. The molecule has 2 aromatic carbocycles. The molecule has 2 N–H and O–H groups in total. The lowest BCUT2D eigenvalue weighted by molar-refractivity contribution is -0.163. The number of esters is 1. The van der Waals surface area contributed by atoms with Gasteiger partial charge in [-0.1, -0.05) is 72.8 Å². The van der Waals surface area contributed by atoms with Crippen LogP contribution in [0.15, 0.2) is 86.0 Å². The lowest BCUT2D eigenvalue weighted by atomic mass is 9.70. The number of ether oxygens (including phenoxy) is 3. The van der Waals surface area contributed by atoms with E-state index in [2.05, 4.69) is 18.5 Å². The number of nitrogens with zero attached hydrogens (tertiary/aromatic N) is 2. The van der Waals surface area contributed by atoms with E-state index >= 15 is 0 Å². The van der Waals surface area contributed by atoms with E-state index in [1.165, 1.54) is 7.11 Å². The van der Waals surface area contributed by atoms with Crippen molar-refractivity contribution in [3.05, 3.63) is 97.1 Å². The molecular formula is C40H51N3O8. The number of methoxy groups -OCH3 is 1. The molecule has 7 atom stereocenters. The summed E-state index contributed by atoms with van der Waals surface area (Å²) in [7, 11) is 1.51. The van der Waals surface area contributed by atoms with Crippen LogP contribution in [-0.4, -0.2) is 95.8 Å². The highest BCUT2D eigenvalue weighted by Gasteiger charge is 2.75. The predicted octanol–water partition coefficient (Wildman–Crippen LogP) is 4.12. The van der Waals surface area contributed by atoms with E-state index in [0.29, 0.717) is 50.6 Å². The number of rotatable bonds is 20. The van der Waals surface area contributed by atoms with Crippen molar-refractivity contribution in [1.82, 2.24) is 15.1 Å². The number of fused-ring (bicyclic) bond motifs is 1. The van der Waals surface area contributed by atoms with Gasteiger partial charge in [0.1, 0.15) is 17.7 Å². The number of carbonyl (C=O) groups is 4. The lowest BCUT2D eigenvalue weighted by Crippen LogP contribution is -2.56. The average Bonchev–Trinajstić information content (AvgIpc) is 3.79. The molecule has 3 aliphatic heterocycles. The van der Waals surface area contributed by atoms with Crippen LogP contribution in [0.4, 0.5) is 0 Å². The summed E-state index contributed by atoms with van der Waals surface area (Å²) in [6, 6.07) is 17.1. The van der Waals surface area contributed by atoms with Crippen molar-refractivity contribution in [3.63, 3.8) is 0 Å². The number of aliphatic hydroxyl groups excluding tert-OH is 1. The summed E-state index contributed by atoms with van der Waals surface area (Å²) in [6.45, 7) is 8.56. The quantitative estimate of drug-likeness (QED) is 0.120. The Hall–Kier alpha value is -4.32. The van der Waals surface area contributed by atoms with Crippen LogP contribution < -0.4 is 5.32 Å². The van der Waals surface area contributed by atoms with Crippen molar-refractivity contribution in [2.45, 2.75) is 81.4 Å². The maximum absolute atomic E-state index is 14.7. The molecule has 3 heterocycles. The normalized spacial score (nSPS) is 24.4. The SMILES string of the molecule is C=CCCC(=O)N[C@H](COC)[C@H](OC(=O)[C@@H]1[C@H]2C(=O)N(CCCCCO)[C@H](C(=O)N(CC=C)Cc3ccccc3)[C@]23CC[C@H]1O3)c1ccccc1. The first kappa shape index (κ1) is 37.9. The number of unbranched alkanes of at least 4 members (excludes halogenated alkanes) is 2. The van der Waals surface area contributed by atoms with Crippen LogP contribution in [0.3, 0.4) is 0 Å². The molecule has 2 aromatic rings. The van der Waals surface area contributed by atoms with E-state index in [9.17, 15) is 24.3 Å². The number of aliphatic hydroxyl groups is 1. The molecule has 3 aliphatic rings. The molecule has 2 bridgehead atoms. The van der Waals surface area contributed by atoms with Gasteiger partial charge in [0.25, 0.3) is 0 Å². The zero-order valence-electron chi connectivity index (χ0n) is 29.5. The molecule has 0 unspecified atom stereocenters. The fraction of sp³-hybridized carbons (Fsp3) is 0.500. The Balaban J connectivity index is 1.46. The van der Waals surface area contributed by atoms with Gasteiger partial charge in [-0.05, 0) is 49.7 Å². The third-order valence-corrected chi connectivity index (χ3v) is 10.2. The smallest absolute Gasteiger partial charge is 0.313 e. The van der Waals surface area contributed by atoms with Gasteiger partial charge in [-0.25, -0.2) is 0 Å². The lowest BCUT2D eigenvalue weighted by Gasteiger charge is -2.37. The molecule has 51 heavy (non-hydrogen) atoms. The zero-order valence-corrected chi connectivity index (χ0v) is 29.5. The van der Waals surface area contributed by atoms with Gasteiger partial charge < -0.3 is 34.4 Å². The number of allylic oxidation sites excluding steroid dienone is 1. The average molecular weight is 702 g/mol. The molecule has 0 saturated carbocycles. The van der Waals surface area contributed by atoms with Gasteiger partial charge in [-0.15, -0.1) is 13.2 Å². The first-order chi connectivity index (χ1) is 24.8. The van der Waals surface area contributed by atoms with Crippen LogP contribution in [-0.2, 0) is 39.9 Å². The van der Waals surface area contributed by atoms with Crippen molar-refractivity contribution in [3.8, 4) is 0 Å². The summed E-state index contributed by atoms with van der Waals surface area (Å²) in [5, 5.41) is 12.4. The summed E-state index contributed by atoms with van der Waals surface area (Å²) in [4.78, 5) is 59.8. The van der Waals surface area contributed by atoms with Gasteiger partial charge in [0, 0.05) is 39.8 Å². The van der Waals surface area contributed by atoms with Crippen LogP contribution >= 0.6 is 0 Å². The van der Waals surface area contributed by atoms with Crippen LogP contribution in [0.1, 0.15) is 62.2 Å². The zero-order chi connectivity index (χ0) is 36.4. The molecule has 1 spiro atoms. The van der Waals surface area contributed by atoms with Crippen molar-refractivity contribution in [1.29, 1.82) is 0 Å². The van der Waals surface area contributed by atoms with Gasteiger partial charge in [0.2, 0.25) is 17.7 Å². The summed E-state index contributed by atoms with van der Waals surface area (Å²) >= 11 is 0. The highest BCUT2D eigenvalue weighted by molar-refractivity contribution is 5.98. The minimum absolute atomic E-state index is 0.0348. The largest absolute Gasteiger partial charge is 0.455 e. The van der Waals surface area contributed by atoms with Gasteiger partial charge in [0.05, 0.1) is 30.6 Å². The highest BCUT2D eigenvalue weighted by Crippen LogP contribution is 2.59. The van der Waals surface area contributed by atoms with Crippen LogP contribution in [0.5, 0.6) is 0 Å². The van der Waals surface area contributed by atoms with Crippen molar-refractivity contribution < 1.29 is 38.5 Å². The molecular weight excluding hydrogens is 650 g/mol. The molecule has 11 nitrogen and oxygen atoms in total. The van der Waals surface area contributed by atoms with E-state index in [4.69, 9.17) is 14.2 Å². The monoisotopic (exact) mass is 701 g/mol. The molecule has 0 radical (unpaired) electrons. The fourth-order valence-electron chi connectivity index (χ4n) is 8.00. The Morgan fingerprint density at radius 1 is 1.08 bits per heavy atom. The molecule has 0 aromatic heterocycles. The summed E-state index contributed by atoms with van der Waals surface area (Å²) in [5.74, 6) is -3.27. The molecule has 0 aliphatic carbocycles. The Morgan fingerprint density at radius 2 is 1.80 bits per heavy atom. The predicted molar refractivity (Wildman–Crippen MR) is 191 cm³/mol. The summed E-state index contributed by atoms with van der Waals surface area (Å²) in [6.07, 6.45) is 5.27. The second kappa shape index (κ2) is 17.7. The van der Waals surface area contributed by atoms with Crippen LogP contribution in [0.2, 0.25) is 0 Å². The van der Waals surface area contributed by atoms with E-state index in [1.807, 2.05) is 60.7 Å². The Labute approximate surface area is 300 Å². The van der Waals surface area contributed by atoms with Gasteiger partial charge in [-0.2, -0.15) is 0 Å². The minimum atomic E-state index is -1.21. The van der Waals surface area contributed by atoms with E-state index in [0.717, 1.165) is 5.56 Å². The Bertz CT molecular complexity index is 1520. The van der Waals surface area contributed by atoms with Gasteiger partial charge >= 0.3 is 5.97 Å². The number of carbonyl (C=O) groups excluding carboxylic acids is 4. The topological polar surface area (TPSA) is 135 Å². The van der Waals surface area contributed by atoms with Crippen molar-refractivity contribution >= 4 is 23.7 Å². The maximum Gasteiger partial charge on any atom is 0.313 e.